The van der Waals surface area contributed by atoms with Gasteiger partial charge in [0.05, 0.1) is 6.10 Å². The Balaban J connectivity index is 2.69. The second kappa shape index (κ2) is 4.92. The van der Waals surface area contributed by atoms with Crippen LogP contribution >= 0.6 is 0 Å². The highest BCUT2D eigenvalue weighted by Gasteiger charge is 2.42. The molecule has 1 saturated heterocycles. The Labute approximate surface area is 89.9 Å². The molecule has 0 spiro atoms. The van der Waals surface area contributed by atoms with Crippen LogP contribution in [0.15, 0.2) is 0 Å². The number of alkyl halides is 1. The molecule has 3 nitrogen and oxygen atoms in total. The van der Waals surface area contributed by atoms with Crippen molar-refractivity contribution in [2.45, 2.75) is 52.7 Å². The van der Waals surface area contributed by atoms with E-state index in [9.17, 15) is 9.18 Å². The lowest BCUT2D eigenvalue weighted by atomic mass is 9.83. The number of ether oxygens (including phenoxy) is 2. The molecule has 1 unspecified atom stereocenters. The minimum atomic E-state index is -1.23. The van der Waals surface area contributed by atoms with Crippen LogP contribution in [0.5, 0.6) is 0 Å². The average Bonchev–Trinajstić information content (AvgIpc) is 2.18. The van der Waals surface area contributed by atoms with E-state index in [2.05, 4.69) is 0 Å². The van der Waals surface area contributed by atoms with E-state index >= 15 is 0 Å². The zero-order chi connectivity index (χ0) is 11.6. The lowest BCUT2D eigenvalue weighted by Crippen LogP contribution is -2.48. The molecule has 4 heteroatoms. The highest BCUT2D eigenvalue weighted by molar-refractivity contribution is 5.66. The van der Waals surface area contributed by atoms with Gasteiger partial charge in [-0.2, -0.15) is 0 Å². The molecule has 1 aliphatic heterocycles. The molecule has 0 aromatic carbocycles. The Kier molecular flexibility index (Phi) is 4.08. The molecule has 0 N–H and O–H groups in total. The predicted octanol–water partition coefficient (Wildman–Crippen LogP) is 2.29. The van der Waals surface area contributed by atoms with Crippen LogP contribution in [0.3, 0.4) is 0 Å². The van der Waals surface area contributed by atoms with Crippen LogP contribution < -0.4 is 0 Å². The third kappa shape index (κ3) is 2.68. The largest absolute Gasteiger partial charge is 0.433 e. The maximum absolute atomic E-state index is 13.8. The summed E-state index contributed by atoms with van der Waals surface area (Å²) in [6.07, 6.45) is -1.49. The van der Waals surface area contributed by atoms with Gasteiger partial charge < -0.3 is 9.47 Å². The minimum Gasteiger partial charge on any atom is -0.433 e. The van der Waals surface area contributed by atoms with Crippen molar-refractivity contribution < 1.29 is 18.7 Å². The van der Waals surface area contributed by atoms with Crippen LogP contribution in [0.4, 0.5) is 4.39 Å². The molecule has 0 aromatic heterocycles. The van der Waals surface area contributed by atoms with E-state index < -0.39 is 18.4 Å². The number of halogens is 1. The topological polar surface area (TPSA) is 35.5 Å². The molecule has 0 bridgehead atoms. The van der Waals surface area contributed by atoms with Crippen molar-refractivity contribution in [3.05, 3.63) is 0 Å². The molecule has 0 saturated carbocycles. The lowest BCUT2D eigenvalue weighted by Gasteiger charge is -2.40. The Bertz CT molecular complexity index is 230. The minimum absolute atomic E-state index is 0.0312. The van der Waals surface area contributed by atoms with E-state index in [1.807, 2.05) is 20.8 Å². The number of hydrogen-bond acceptors (Lipinski definition) is 3. The molecule has 0 amide bonds. The summed E-state index contributed by atoms with van der Waals surface area (Å²) in [5, 5.41) is 0. The standard InChI is InChI=1S/C11H19FO3/c1-5-9-6(2)7(3)10(12)11(15-9)14-8(4)13/h6-7,9-11H,5H2,1-4H3/t6-,7-,9+,10+,11?/m0/s1/i12-1. The van der Waals surface area contributed by atoms with Crippen molar-refractivity contribution in [3.8, 4) is 0 Å². The fourth-order valence-corrected chi connectivity index (χ4v) is 1.97. The lowest BCUT2D eigenvalue weighted by molar-refractivity contribution is -0.246. The average molecular weight is 217 g/mol. The Morgan fingerprint density at radius 2 is 2.00 bits per heavy atom. The summed E-state index contributed by atoms with van der Waals surface area (Å²) in [6.45, 7) is 7.05. The van der Waals surface area contributed by atoms with Crippen LogP contribution in [0.1, 0.15) is 34.1 Å². The first-order chi connectivity index (χ1) is 6.97. The van der Waals surface area contributed by atoms with E-state index in [1.54, 1.807) is 0 Å². The summed E-state index contributed by atoms with van der Waals surface area (Å²) >= 11 is 0. The predicted molar refractivity (Wildman–Crippen MR) is 53.9 cm³/mol. The van der Waals surface area contributed by atoms with Crippen molar-refractivity contribution in [1.82, 2.24) is 0 Å². The van der Waals surface area contributed by atoms with E-state index in [1.165, 1.54) is 6.92 Å². The molecular formula is C11H19FO3. The monoisotopic (exact) mass is 217 g/mol. The zero-order valence-electron chi connectivity index (χ0n) is 9.70. The molecule has 1 heterocycles. The summed E-state index contributed by atoms with van der Waals surface area (Å²) in [4.78, 5) is 10.8. The highest BCUT2D eigenvalue weighted by Crippen LogP contribution is 2.34. The van der Waals surface area contributed by atoms with Crippen LogP contribution in [-0.2, 0) is 14.3 Å². The van der Waals surface area contributed by atoms with Crippen molar-refractivity contribution in [2.24, 2.45) is 11.8 Å². The molecule has 1 rings (SSSR count). The summed E-state index contributed by atoms with van der Waals surface area (Å²) in [6, 6.07) is 0. The first kappa shape index (κ1) is 12.4. The van der Waals surface area contributed by atoms with Gasteiger partial charge in [0.15, 0.2) is 6.17 Å². The Hall–Kier alpha value is -0.640. The maximum atomic E-state index is 13.8. The quantitative estimate of drug-likeness (QED) is 0.666. The fraction of sp³-hybridized carbons (Fsp3) is 0.909. The second-order valence-corrected chi connectivity index (χ2v) is 4.22. The molecule has 15 heavy (non-hydrogen) atoms. The van der Waals surface area contributed by atoms with Gasteiger partial charge >= 0.3 is 5.97 Å². The smallest absolute Gasteiger partial charge is 0.305 e. The van der Waals surface area contributed by atoms with Gasteiger partial charge in [0, 0.05) is 6.92 Å². The SMILES string of the molecule is CC[C@H]1OC(OC(C)=O)[C@H]([18F])[C@@H](C)[C@@H]1C. The summed E-state index contributed by atoms with van der Waals surface area (Å²) < 4.78 is 24.0. The molecule has 1 fully saturated rings. The maximum Gasteiger partial charge on any atom is 0.305 e. The molecule has 5 atom stereocenters. The Morgan fingerprint density at radius 1 is 1.40 bits per heavy atom. The van der Waals surface area contributed by atoms with Crippen LogP contribution in [0.2, 0.25) is 0 Å². The number of hydrogen-bond donors (Lipinski definition) is 0. The van der Waals surface area contributed by atoms with Gasteiger partial charge in [0.25, 0.3) is 0 Å². The number of carbonyl (C=O) groups is 1. The fourth-order valence-electron chi connectivity index (χ4n) is 1.97. The third-order valence-electron chi connectivity index (χ3n) is 3.17. The van der Waals surface area contributed by atoms with Crippen LogP contribution in [0.25, 0.3) is 0 Å². The van der Waals surface area contributed by atoms with Gasteiger partial charge in [-0.25, -0.2) is 4.39 Å². The van der Waals surface area contributed by atoms with Gasteiger partial charge in [0.1, 0.15) is 0 Å². The first-order valence-corrected chi connectivity index (χ1v) is 5.44. The molecule has 0 aliphatic carbocycles. The normalized spacial score (nSPS) is 41.3. The van der Waals surface area contributed by atoms with Crippen molar-refractivity contribution in [1.29, 1.82) is 0 Å². The van der Waals surface area contributed by atoms with Crippen LogP contribution in [-0.4, -0.2) is 24.5 Å². The molecule has 0 radical (unpaired) electrons. The summed E-state index contributed by atoms with van der Waals surface area (Å²) in [7, 11) is 0. The summed E-state index contributed by atoms with van der Waals surface area (Å²) in [5.41, 5.74) is 0. The van der Waals surface area contributed by atoms with E-state index in [0.29, 0.717) is 0 Å². The number of carbonyl (C=O) groups excluding carboxylic acids is 1. The Morgan fingerprint density at radius 3 is 2.47 bits per heavy atom. The number of rotatable bonds is 2. The second-order valence-electron chi connectivity index (χ2n) is 4.22. The van der Waals surface area contributed by atoms with Crippen molar-refractivity contribution >= 4 is 5.97 Å². The van der Waals surface area contributed by atoms with Crippen LogP contribution in [0, 0.1) is 11.8 Å². The number of esters is 1. The van der Waals surface area contributed by atoms with Crippen molar-refractivity contribution in [2.75, 3.05) is 0 Å². The van der Waals surface area contributed by atoms with Gasteiger partial charge in [-0.1, -0.05) is 20.8 Å². The van der Waals surface area contributed by atoms with Gasteiger partial charge in [0.2, 0.25) is 6.29 Å². The van der Waals surface area contributed by atoms with E-state index in [0.717, 1.165) is 6.42 Å². The molecular weight excluding hydrogens is 198 g/mol. The van der Waals surface area contributed by atoms with E-state index in [4.69, 9.17) is 9.47 Å². The summed E-state index contributed by atoms with van der Waals surface area (Å²) in [5.74, 6) is -0.496. The molecule has 1 aliphatic rings. The highest BCUT2D eigenvalue weighted by atomic mass is 18.2. The van der Waals surface area contributed by atoms with Gasteiger partial charge in [-0.15, -0.1) is 0 Å². The zero-order valence-corrected chi connectivity index (χ0v) is 9.70. The molecule has 0 aromatic rings. The van der Waals surface area contributed by atoms with Gasteiger partial charge in [-0.3, -0.25) is 4.79 Å². The van der Waals surface area contributed by atoms with Gasteiger partial charge in [-0.05, 0) is 18.3 Å². The van der Waals surface area contributed by atoms with E-state index in [-0.39, 0.29) is 17.9 Å². The third-order valence-corrected chi connectivity index (χ3v) is 3.17. The molecule has 88 valence electrons. The van der Waals surface area contributed by atoms with Crippen molar-refractivity contribution in [3.63, 3.8) is 0 Å². The first-order valence-electron chi connectivity index (χ1n) is 5.44.